The lowest BCUT2D eigenvalue weighted by molar-refractivity contribution is 0.161. The maximum atomic E-state index is 13.2. The summed E-state index contributed by atoms with van der Waals surface area (Å²) in [7, 11) is 0. The molecule has 0 atom stereocenters. The number of ether oxygens (including phenoxy) is 1. The van der Waals surface area contributed by atoms with Gasteiger partial charge in [0, 0.05) is 5.56 Å². The van der Waals surface area contributed by atoms with Crippen LogP contribution in [0.15, 0.2) is 24.3 Å². The van der Waals surface area contributed by atoms with E-state index in [9.17, 15) is 4.39 Å². The van der Waals surface area contributed by atoms with E-state index >= 15 is 0 Å². The minimum Gasteiger partial charge on any atom is -0.396 e. The summed E-state index contributed by atoms with van der Waals surface area (Å²) < 4.78 is 18.3. The van der Waals surface area contributed by atoms with Gasteiger partial charge in [0.1, 0.15) is 5.82 Å². The Morgan fingerprint density at radius 3 is 2.93 bits per heavy atom. The number of nitrogens with two attached hydrogens (primary N) is 1. The first-order valence-electron chi connectivity index (χ1n) is 4.60. The fourth-order valence-corrected chi connectivity index (χ4v) is 1.59. The minimum absolute atomic E-state index is 0.237. The number of anilines is 1. The largest absolute Gasteiger partial charge is 0.396 e. The monoisotopic (exact) mass is 193 g/mol. The van der Waals surface area contributed by atoms with E-state index in [-0.39, 0.29) is 11.5 Å². The van der Waals surface area contributed by atoms with Crippen molar-refractivity contribution in [2.45, 2.75) is 6.42 Å². The van der Waals surface area contributed by atoms with Crippen LogP contribution >= 0.6 is 0 Å². The first-order chi connectivity index (χ1) is 6.79. The van der Waals surface area contributed by atoms with Crippen LogP contribution in [0.3, 0.4) is 0 Å². The molecule has 0 bridgehead atoms. The highest BCUT2D eigenvalue weighted by atomic mass is 19.1. The van der Waals surface area contributed by atoms with Gasteiger partial charge in [-0.15, -0.1) is 0 Å². The van der Waals surface area contributed by atoms with Gasteiger partial charge in [-0.05, 0) is 18.1 Å². The van der Waals surface area contributed by atoms with E-state index in [1.807, 2.05) is 12.1 Å². The quantitative estimate of drug-likeness (QED) is 0.694. The molecule has 0 saturated heterocycles. The van der Waals surface area contributed by atoms with Gasteiger partial charge in [0.05, 0.1) is 18.9 Å². The maximum Gasteiger partial charge on any atom is 0.146 e. The van der Waals surface area contributed by atoms with Crippen molar-refractivity contribution < 1.29 is 9.13 Å². The van der Waals surface area contributed by atoms with Gasteiger partial charge in [0.25, 0.3) is 0 Å². The second kappa shape index (κ2) is 3.80. The molecular formula is C11H12FNO. The van der Waals surface area contributed by atoms with Crippen LogP contribution in [0.5, 0.6) is 0 Å². The molecule has 2 N–H and O–H groups in total. The van der Waals surface area contributed by atoms with Gasteiger partial charge in [-0.2, -0.15) is 0 Å². The van der Waals surface area contributed by atoms with Crippen LogP contribution in [0.4, 0.5) is 10.1 Å². The zero-order chi connectivity index (χ0) is 9.97. The summed E-state index contributed by atoms with van der Waals surface area (Å²) in [4.78, 5) is 0. The lowest BCUT2D eigenvalue weighted by Crippen LogP contribution is -2.06. The van der Waals surface area contributed by atoms with Crippen molar-refractivity contribution in [1.82, 2.24) is 0 Å². The molecule has 3 heteroatoms. The third-order valence-electron chi connectivity index (χ3n) is 2.36. The Bertz CT molecular complexity index is 374. The number of rotatable bonds is 1. The van der Waals surface area contributed by atoms with Crippen molar-refractivity contribution in [2.24, 2.45) is 0 Å². The summed E-state index contributed by atoms with van der Waals surface area (Å²) in [5, 5.41) is 0. The number of benzene rings is 1. The molecule has 0 aliphatic carbocycles. The molecule has 14 heavy (non-hydrogen) atoms. The summed E-state index contributed by atoms with van der Waals surface area (Å²) in [5.74, 6) is -0.352. The van der Waals surface area contributed by atoms with Gasteiger partial charge in [-0.25, -0.2) is 4.39 Å². The molecule has 1 aromatic rings. The second-order valence-electron chi connectivity index (χ2n) is 3.26. The number of halogens is 1. The molecule has 2 nitrogen and oxygen atoms in total. The van der Waals surface area contributed by atoms with Gasteiger partial charge in [0.2, 0.25) is 0 Å². The summed E-state index contributed by atoms with van der Waals surface area (Å²) in [6, 6.07) is 4.89. The molecule has 1 aliphatic heterocycles. The molecular weight excluding hydrogens is 181 g/mol. The molecule has 0 spiro atoms. The van der Waals surface area contributed by atoms with E-state index in [2.05, 4.69) is 0 Å². The first kappa shape index (κ1) is 9.21. The van der Waals surface area contributed by atoms with Gasteiger partial charge in [0.15, 0.2) is 0 Å². The van der Waals surface area contributed by atoms with Crippen LogP contribution < -0.4 is 5.73 Å². The standard InChI is InChI=1S/C11H12FNO/c12-10-3-1-2-9(11(10)13)8-4-6-14-7-5-8/h1-4H,5-7,13H2. The highest BCUT2D eigenvalue weighted by molar-refractivity contribution is 5.75. The number of hydrogen-bond donors (Lipinski definition) is 1. The topological polar surface area (TPSA) is 35.2 Å². The van der Waals surface area contributed by atoms with Crippen LogP contribution in [0, 0.1) is 5.82 Å². The van der Waals surface area contributed by atoms with E-state index < -0.39 is 0 Å². The van der Waals surface area contributed by atoms with Crippen molar-refractivity contribution >= 4 is 11.3 Å². The summed E-state index contributed by atoms with van der Waals surface area (Å²) in [5.41, 5.74) is 7.77. The number of nitrogen functional groups attached to an aromatic ring is 1. The minimum atomic E-state index is -0.352. The molecule has 0 radical (unpaired) electrons. The normalized spacial score (nSPS) is 16.5. The summed E-state index contributed by atoms with van der Waals surface area (Å²) >= 11 is 0. The Hall–Kier alpha value is -1.35. The molecule has 1 aromatic carbocycles. The van der Waals surface area contributed by atoms with Crippen LogP contribution in [0.1, 0.15) is 12.0 Å². The van der Waals surface area contributed by atoms with Crippen molar-refractivity contribution in [3.8, 4) is 0 Å². The maximum absolute atomic E-state index is 13.2. The predicted molar refractivity (Wildman–Crippen MR) is 54.2 cm³/mol. The van der Waals surface area contributed by atoms with E-state index in [0.29, 0.717) is 13.2 Å². The Balaban J connectivity index is 2.40. The van der Waals surface area contributed by atoms with E-state index in [1.165, 1.54) is 6.07 Å². The average Bonchev–Trinajstić information content (AvgIpc) is 2.23. The van der Waals surface area contributed by atoms with Crippen molar-refractivity contribution in [3.63, 3.8) is 0 Å². The number of para-hydroxylation sites is 1. The van der Waals surface area contributed by atoms with E-state index in [0.717, 1.165) is 17.6 Å². The Morgan fingerprint density at radius 1 is 1.36 bits per heavy atom. The molecule has 1 aliphatic rings. The van der Waals surface area contributed by atoms with Crippen LogP contribution in [-0.2, 0) is 4.74 Å². The predicted octanol–water partition coefficient (Wildman–Crippen LogP) is 2.21. The fraction of sp³-hybridized carbons (Fsp3) is 0.273. The Kier molecular flexibility index (Phi) is 2.50. The van der Waals surface area contributed by atoms with E-state index in [1.54, 1.807) is 6.07 Å². The Morgan fingerprint density at radius 2 is 2.21 bits per heavy atom. The molecule has 0 unspecified atom stereocenters. The van der Waals surface area contributed by atoms with Crippen molar-refractivity contribution in [1.29, 1.82) is 0 Å². The fourth-order valence-electron chi connectivity index (χ4n) is 1.59. The lowest BCUT2D eigenvalue weighted by Gasteiger charge is -2.15. The van der Waals surface area contributed by atoms with E-state index in [4.69, 9.17) is 10.5 Å². The van der Waals surface area contributed by atoms with Crippen LogP contribution in [0.2, 0.25) is 0 Å². The van der Waals surface area contributed by atoms with Gasteiger partial charge in [-0.1, -0.05) is 18.2 Å². The van der Waals surface area contributed by atoms with Crippen LogP contribution in [-0.4, -0.2) is 13.2 Å². The smallest absolute Gasteiger partial charge is 0.146 e. The SMILES string of the molecule is Nc1c(F)cccc1C1=CCOCC1. The molecule has 1 heterocycles. The lowest BCUT2D eigenvalue weighted by atomic mass is 10.00. The molecule has 2 rings (SSSR count). The third kappa shape index (κ3) is 1.63. The average molecular weight is 193 g/mol. The van der Waals surface area contributed by atoms with Crippen molar-refractivity contribution in [3.05, 3.63) is 35.7 Å². The molecule has 0 fully saturated rings. The second-order valence-corrected chi connectivity index (χ2v) is 3.26. The van der Waals surface area contributed by atoms with Crippen molar-refractivity contribution in [2.75, 3.05) is 18.9 Å². The first-order valence-corrected chi connectivity index (χ1v) is 4.60. The molecule has 74 valence electrons. The molecule has 0 aromatic heterocycles. The highest BCUT2D eigenvalue weighted by Gasteiger charge is 2.11. The Labute approximate surface area is 82.2 Å². The third-order valence-corrected chi connectivity index (χ3v) is 2.36. The zero-order valence-corrected chi connectivity index (χ0v) is 7.79. The summed E-state index contributed by atoms with van der Waals surface area (Å²) in [6.45, 7) is 1.27. The van der Waals surface area contributed by atoms with Crippen LogP contribution in [0.25, 0.3) is 5.57 Å². The highest BCUT2D eigenvalue weighted by Crippen LogP contribution is 2.27. The van der Waals surface area contributed by atoms with Gasteiger partial charge < -0.3 is 10.5 Å². The molecule has 0 amide bonds. The zero-order valence-electron chi connectivity index (χ0n) is 7.79. The number of hydrogen-bond acceptors (Lipinski definition) is 2. The van der Waals surface area contributed by atoms with Gasteiger partial charge >= 0.3 is 0 Å². The van der Waals surface area contributed by atoms with Gasteiger partial charge in [-0.3, -0.25) is 0 Å². The molecule has 0 saturated carbocycles. The summed E-state index contributed by atoms with van der Waals surface area (Å²) in [6.07, 6.45) is 2.75.